The fraction of sp³-hybridized carbons (Fsp3) is 0.267. The number of rotatable bonds is 2. The first-order valence-corrected chi connectivity index (χ1v) is 7.39. The Labute approximate surface area is 115 Å². The molecule has 1 atom stereocenters. The first-order valence-electron chi connectivity index (χ1n) is 6.44. The van der Waals surface area contributed by atoms with Crippen molar-refractivity contribution in [1.29, 1.82) is 0 Å². The molecule has 0 radical (unpaired) electrons. The molecule has 3 heterocycles. The van der Waals surface area contributed by atoms with E-state index in [1.165, 1.54) is 5.56 Å². The second kappa shape index (κ2) is 3.92. The van der Waals surface area contributed by atoms with Gasteiger partial charge < -0.3 is 10.0 Å². The Bertz CT molecular complexity index is 650. The van der Waals surface area contributed by atoms with Gasteiger partial charge >= 0.3 is 0 Å². The minimum atomic E-state index is -0.938. The summed E-state index contributed by atoms with van der Waals surface area (Å²) in [5, 5.41) is 15.4. The van der Waals surface area contributed by atoms with Crippen molar-refractivity contribution < 1.29 is 5.11 Å². The summed E-state index contributed by atoms with van der Waals surface area (Å²) in [6.07, 6.45) is 0.618. The maximum atomic E-state index is 11.2. The Balaban J connectivity index is 1.85. The standard InChI is InChI=1S/C15H14N2OS/c18-15(9-11-5-8-19-10-11)13-4-2-1-3-12(13)14-16-6-7-17(14)15/h1-5,8,10,18H,6-7,9H2. The number of aliphatic hydroxyl groups is 1. The van der Waals surface area contributed by atoms with Gasteiger partial charge in [0.25, 0.3) is 0 Å². The number of nitrogens with zero attached hydrogens (tertiary/aromatic N) is 2. The molecule has 0 bridgehead atoms. The zero-order valence-corrected chi connectivity index (χ0v) is 11.2. The van der Waals surface area contributed by atoms with Gasteiger partial charge in [-0.15, -0.1) is 0 Å². The van der Waals surface area contributed by atoms with Crippen LogP contribution in [0.25, 0.3) is 0 Å². The molecule has 0 saturated carbocycles. The molecule has 4 rings (SSSR count). The van der Waals surface area contributed by atoms with Crippen LogP contribution in [0.2, 0.25) is 0 Å². The molecular formula is C15H14N2OS. The molecular weight excluding hydrogens is 256 g/mol. The summed E-state index contributed by atoms with van der Waals surface area (Å²) in [5.41, 5.74) is 2.31. The predicted molar refractivity (Wildman–Crippen MR) is 76.5 cm³/mol. The average molecular weight is 270 g/mol. The predicted octanol–water partition coefficient (Wildman–Crippen LogP) is 2.21. The highest BCUT2D eigenvalue weighted by Crippen LogP contribution is 2.41. The molecule has 0 aliphatic carbocycles. The molecule has 96 valence electrons. The molecule has 1 aromatic carbocycles. The van der Waals surface area contributed by atoms with Gasteiger partial charge in [-0.2, -0.15) is 11.3 Å². The van der Waals surface area contributed by atoms with Crippen LogP contribution in [0.3, 0.4) is 0 Å². The summed E-state index contributed by atoms with van der Waals surface area (Å²) >= 11 is 1.67. The molecule has 1 unspecified atom stereocenters. The molecule has 0 spiro atoms. The zero-order valence-electron chi connectivity index (χ0n) is 10.4. The normalized spacial score (nSPS) is 24.3. The van der Waals surface area contributed by atoms with Crippen molar-refractivity contribution in [2.75, 3.05) is 13.1 Å². The van der Waals surface area contributed by atoms with Gasteiger partial charge in [0.2, 0.25) is 0 Å². The second-order valence-corrected chi connectivity index (χ2v) is 5.81. The van der Waals surface area contributed by atoms with Crippen molar-refractivity contribution in [3.05, 3.63) is 57.8 Å². The molecule has 2 aliphatic rings. The van der Waals surface area contributed by atoms with Gasteiger partial charge in [-0.1, -0.05) is 24.3 Å². The summed E-state index contributed by atoms with van der Waals surface area (Å²) < 4.78 is 0. The summed E-state index contributed by atoms with van der Waals surface area (Å²) in [4.78, 5) is 6.60. The highest BCUT2D eigenvalue weighted by Gasteiger charge is 2.48. The lowest BCUT2D eigenvalue weighted by atomic mass is 9.95. The van der Waals surface area contributed by atoms with Gasteiger partial charge in [-0.05, 0) is 22.4 Å². The molecule has 4 heteroatoms. The van der Waals surface area contributed by atoms with E-state index in [0.29, 0.717) is 6.42 Å². The van der Waals surface area contributed by atoms with Crippen molar-refractivity contribution in [3.63, 3.8) is 0 Å². The van der Waals surface area contributed by atoms with Crippen molar-refractivity contribution >= 4 is 17.2 Å². The molecule has 0 saturated heterocycles. The monoisotopic (exact) mass is 270 g/mol. The fourth-order valence-electron chi connectivity index (χ4n) is 3.08. The van der Waals surface area contributed by atoms with Crippen LogP contribution in [-0.4, -0.2) is 28.9 Å². The Morgan fingerprint density at radius 2 is 2.21 bits per heavy atom. The van der Waals surface area contributed by atoms with E-state index in [-0.39, 0.29) is 0 Å². The largest absolute Gasteiger partial charge is 0.366 e. The number of benzene rings is 1. The Kier molecular flexibility index (Phi) is 2.31. The highest BCUT2D eigenvalue weighted by molar-refractivity contribution is 7.07. The Morgan fingerprint density at radius 1 is 1.32 bits per heavy atom. The van der Waals surface area contributed by atoms with Gasteiger partial charge in [-0.3, -0.25) is 4.99 Å². The molecule has 1 N–H and O–H groups in total. The SMILES string of the molecule is OC1(Cc2ccsc2)c2ccccc2C2=NCCN21. The smallest absolute Gasteiger partial charge is 0.170 e. The van der Waals surface area contributed by atoms with E-state index in [0.717, 1.165) is 30.1 Å². The van der Waals surface area contributed by atoms with Gasteiger partial charge in [0.15, 0.2) is 5.72 Å². The first kappa shape index (κ1) is 11.2. The Hall–Kier alpha value is -1.65. The summed E-state index contributed by atoms with van der Waals surface area (Å²) in [6, 6.07) is 10.1. The van der Waals surface area contributed by atoms with E-state index >= 15 is 0 Å². The first-order chi connectivity index (χ1) is 9.29. The quantitative estimate of drug-likeness (QED) is 0.908. The molecule has 19 heavy (non-hydrogen) atoms. The van der Waals surface area contributed by atoms with Crippen LogP contribution in [0.1, 0.15) is 16.7 Å². The number of amidine groups is 1. The van der Waals surface area contributed by atoms with E-state index in [1.54, 1.807) is 11.3 Å². The number of hydrogen-bond donors (Lipinski definition) is 1. The van der Waals surface area contributed by atoms with E-state index in [1.807, 2.05) is 18.2 Å². The van der Waals surface area contributed by atoms with Gasteiger partial charge in [-0.25, -0.2) is 0 Å². The topological polar surface area (TPSA) is 35.8 Å². The van der Waals surface area contributed by atoms with E-state index in [9.17, 15) is 5.11 Å². The maximum Gasteiger partial charge on any atom is 0.170 e. The van der Waals surface area contributed by atoms with Gasteiger partial charge in [0, 0.05) is 24.1 Å². The van der Waals surface area contributed by atoms with E-state index in [2.05, 4.69) is 32.8 Å². The second-order valence-electron chi connectivity index (χ2n) is 5.03. The minimum absolute atomic E-state index is 0.618. The van der Waals surface area contributed by atoms with Gasteiger partial charge in [0.05, 0.1) is 6.54 Å². The van der Waals surface area contributed by atoms with E-state index < -0.39 is 5.72 Å². The molecule has 0 fully saturated rings. The zero-order chi connectivity index (χ0) is 12.9. The van der Waals surface area contributed by atoms with Crippen LogP contribution in [0.4, 0.5) is 0 Å². The third-order valence-electron chi connectivity index (χ3n) is 3.92. The van der Waals surface area contributed by atoms with Crippen LogP contribution in [0, 0.1) is 0 Å². The van der Waals surface area contributed by atoms with Crippen molar-refractivity contribution in [2.45, 2.75) is 12.1 Å². The molecule has 0 amide bonds. The number of hydrogen-bond acceptors (Lipinski definition) is 4. The number of aliphatic imine (C=N–C) groups is 1. The molecule has 1 aromatic heterocycles. The van der Waals surface area contributed by atoms with Crippen LogP contribution < -0.4 is 0 Å². The van der Waals surface area contributed by atoms with Crippen LogP contribution in [-0.2, 0) is 12.1 Å². The fourth-order valence-corrected chi connectivity index (χ4v) is 3.75. The van der Waals surface area contributed by atoms with Crippen molar-refractivity contribution in [1.82, 2.24) is 4.90 Å². The number of fused-ring (bicyclic) bond motifs is 3. The third-order valence-corrected chi connectivity index (χ3v) is 4.65. The van der Waals surface area contributed by atoms with Crippen molar-refractivity contribution in [2.24, 2.45) is 4.99 Å². The van der Waals surface area contributed by atoms with Crippen LogP contribution in [0.5, 0.6) is 0 Å². The lowest BCUT2D eigenvalue weighted by Crippen LogP contribution is -2.44. The highest BCUT2D eigenvalue weighted by atomic mass is 32.1. The van der Waals surface area contributed by atoms with Gasteiger partial charge in [0.1, 0.15) is 5.84 Å². The summed E-state index contributed by atoms with van der Waals surface area (Å²) in [7, 11) is 0. The van der Waals surface area contributed by atoms with Crippen LogP contribution in [0.15, 0.2) is 46.1 Å². The molecule has 2 aliphatic heterocycles. The molecule has 3 nitrogen and oxygen atoms in total. The van der Waals surface area contributed by atoms with Crippen molar-refractivity contribution in [3.8, 4) is 0 Å². The summed E-state index contributed by atoms with van der Waals surface area (Å²) in [6.45, 7) is 1.57. The molecule has 2 aromatic rings. The van der Waals surface area contributed by atoms with E-state index in [4.69, 9.17) is 0 Å². The lowest BCUT2D eigenvalue weighted by Gasteiger charge is -2.33. The Morgan fingerprint density at radius 3 is 3.05 bits per heavy atom. The van der Waals surface area contributed by atoms with Crippen LogP contribution >= 0.6 is 11.3 Å². The lowest BCUT2D eigenvalue weighted by molar-refractivity contribution is -0.0637. The number of thiophene rings is 1. The third kappa shape index (κ3) is 1.50. The average Bonchev–Trinajstić information content (AvgIpc) is 3.12. The maximum absolute atomic E-state index is 11.2. The minimum Gasteiger partial charge on any atom is -0.366 e. The summed E-state index contributed by atoms with van der Waals surface area (Å²) in [5.74, 6) is 0.952.